The highest BCUT2D eigenvalue weighted by atomic mass is 32.2. The van der Waals surface area contributed by atoms with E-state index in [4.69, 9.17) is 0 Å². The van der Waals surface area contributed by atoms with Gasteiger partial charge in [-0.2, -0.15) is 4.99 Å². The van der Waals surface area contributed by atoms with Crippen molar-refractivity contribution in [1.82, 2.24) is 0 Å². The van der Waals surface area contributed by atoms with Gasteiger partial charge in [0.2, 0.25) is 5.91 Å². The van der Waals surface area contributed by atoms with Gasteiger partial charge in [-0.1, -0.05) is 17.8 Å². The number of aliphatic imine (C=N–C) groups is 1. The first-order chi connectivity index (χ1) is 10.3. The predicted octanol–water partition coefficient (Wildman–Crippen LogP) is 1.92. The number of nitrogens with zero attached hydrogens (tertiary/aromatic N) is 2. The number of amidine groups is 1. The smallest absolute Gasteiger partial charge is 0.244 e. The van der Waals surface area contributed by atoms with Crippen LogP contribution >= 0.6 is 11.8 Å². The lowest BCUT2D eigenvalue weighted by Crippen LogP contribution is -2.37. The number of carbonyl (C=O) groups is 1. The van der Waals surface area contributed by atoms with Crippen molar-refractivity contribution in [2.75, 3.05) is 16.4 Å². The van der Waals surface area contributed by atoms with Crippen LogP contribution in [0.5, 0.6) is 0 Å². The zero-order chi connectivity index (χ0) is 16.1. The van der Waals surface area contributed by atoms with Crippen LogP contribution < -0.4 is 4.90 Å². The van der Waals surface area contributed by atoms with E-state index < -0.39 is 9.84 Å². The van der Waals surface area contributed by atoms with Gasteiger partial charge in [0.25, 0.3) is 0 Å². The van der Waals surface area contributed by atoms with Gasteiger partial charge in [0.05, 0.1) is 17.5 Å². The van der Waals surface area contributed by atoms with E-state index in [1.54, 1.807) is 0 Å². The molecule has 1 aromatic rings. The molecule has 0 bridgehead atoms. The number of amides is 1. The van der Waals surface area contributed by atoms with Crippen molar-refractivity contribution >= 4 is 38.4 Å². The van der Waals surface area contributed by atoms with Crippen molar-refractivity contribution < 1.29 is 13.2 Å². The van der Waals surface area contributed by atoms with Crippen molar-refractivity contribution in [2.24, 2.45) is 4.99 Å². The summed E-state index contributed by atoms with van der Waals surface area (Å²) in [5, 5.41) is 0.561. The van der Waals surface area contributed by atoms with E-state index in [0.29, 0.717) is 5.17 Å². The molecule has 5 nitrogen and oxygen atoms in total. The first kappa shape index (κ1) is 15.6. The number of aryl methyl sites for hydroxylation is 2. The Morgan fingerprint density at radius 1 is 1.27 bits per heavy atom. The van der Waals surface area contributed by atoms with Gasteiger partial charge in [-0.15, -0.1) is 0 Å². The summed E-state index contributed by atoms with van der Waals surface area (Å²) in [6, 6.07) is 5.86. The van der Waals surface area contributed by atoms with E-state index in [1.165, 1.54) is 24.2 Å². The summed E-state index contributed by atoms with van der Waals surface area (Å²) in [4.78, 5) is 17.4. The van der Waals surface area contributed by atoms with Crippen molar-refractivity contribution in [3.63, 3.8) is 0 Å². The Hall–Kier alpha value is -1.34. The minimum atomic E-state index is -3.02. The Bertz CT molecular complexity index is 771. The molecule has 0 spiro atoms. The van der Waals surface area contributed by atoms with Gasteiger partial charge in [-0.25, -0.2) is 8.42 Å². The molecule has 0 unspecified atom stereocenters. The molecule has 0 saturated carbocycles. The van der Waals surface area contributed by atoms with Gasteiger partial charge in [0.15, 0.2) is 15.0 Å². The molecule has 0 aliphatic carbocycles. The average molecular weight is 338 g/mol. The molecular weight excluding hydrogens is 320 g/mol. The monoisotopic (exact) mass is 338 g/mol. The fourth-order valence-corrected chi connectivity index (χ4v) is 6.83. The Kier molecular flexibility index (Phi) is 3.81. The van der Waals surface area contributed by atoms with Crippen LogP contribution in [0.25, 0.3) is 0 Å². The van der Waals surface area contributed by atoms with E-state index >= 15 is 0 Å². The Morgan fingerprint density at radius 3 is 2.64 bits per heavy atom. The van der Waals surface area contributed by atoms with Crippen LogP contribution in [-0.2, 0) is 14.6 Å². The maximum Gasteiger partial charge on any atom is 0.244 e. The Morgan fingerprint density at radius 2 is 2.00 bits per heavy atom. The number of thioether (sulfide) groups is 1. The van der Waals surface area contributed by atoms with Crippen LogP contribution in [0.2, 0.25) is 0 Å². The second kappa shape index (κ2) is 5.38. The standard InChI is InChI=1S/C15H18N2O3S2/c1-9-4-5-12(6-10(9)2)17-13-7-22(19,20)8-14(13)21-15(17)16-11(3)18/h4-6,13-14H,7-8H2,1-3H3/t13-,14-/m1/s1. The zero-order valence-electron chi connectivity index (χ0n) is 12.7. The summed E-state index contributed by atoms with van der Waals surface area (Å²) in [6.45, 7) is 5.47. The number of carbonyl (C=O) groups excluding carboxylic acids is 1. The van der Waals surface area contributed by atoms with E-state index in [2.05, 4.69) is 4.99 Å². The van der Waals surface area contributed by atoms with Crippen molar-refractivity contribution in [3.8, 4) is 0 Å². The largest absolute Gasteiger partial charge is 0.316 e. The highest BCUT2D eigenvalue weighted by Crippen LogP contribution is 2.41. The number of benzene rings is 1. The second-order valence-corrected chi connectivity index (χ2v) is 9.21. The van der Waals surface area contributed by atoms with E-state index in [1.807, 2.05) is 36.9 Å². The quantitative estimate of drug-likeness (QED) is 0.783. The molecule has 0 aromatic heterocycles. The van der Waals surface area contributed by atoms with E-state index in [-0.39, 0.29) is 28.7 Å². The van der Waals surface area contributed by atoms with Gasteiger partial charge in [-0.3, -0.25) is 4.79 Å². The summed E-state index contributed by atoms with van der Waals surface area (Å²) in [5.41, 5.74) is 3.21. The van der Waals surface area contributed by atoms with Crippen LogP contribution in [0.4, 0.5) is 5.69 Å². The van der Waals surface area contributed by atoms with Crippen LogP contribution in [0.3, 0.4) is 0 Å². The third-order valence-corrected chi connectivity index (χ3v) is 7.30. The summed E-state index contributed by atoms with van der Waals surface area (Å²) >= 11 is 1.40. The third kappa shape index (κ3) is 2.79. The van der Waals surface area contributed by atoms with Crippen molar-refractivity contribution in [2.45, 2.75) is 32.1 Å². The fourth-order valence-electron chi connectivity index (χ4n) is 2.88. The van der Waals surface area contributed by atoms with Crippen molar-refractivity contribution in [1.29, 1.82) is 0 Å². The molecule has 0 N–H and O–H groups in total. The van der Waals surface area contributed by atoms with Crippen molar-refractivity contribution in [3.05, 3.63) is 29.3 Å². The van der Waals surface area contributed by atoms with Gasteiger partial charge in [0, 0.05) is 17.9 Å². The number of hydrogen-bond donors (Lipinski definition) is 0. The zero-order valence-corrected chi connectivity index (χ0v) is 14.4. The number of fused-ring (bicyclic) bond motifs is 1. The molecule has 2 atom stereocenters. The number of rotatable bonds is 1. The van der Waals surface area contributed by atoms with E-state index in [9.17, 15) is 13.2 Å². The molecule has 2 saturated heterocycles. The molecule has 22 heavy (non-hydrogen) atoms. The summed E-state index contributed by atoms with van der Waals surface area (Å²) in [5.74, 6) is 0.00827. The molecule has 7 heteroatoms. The first-order valence-electron chi connectivity index (χ1n) is 7.10. The molecule has 0 radical (unpaired) electrons. The lowest BCUT2D eigenvalue weighted by molar-refractivity contribution is -0.115. The lowest BCUT2D eigenvalue weighted by atomic mass is 10.1. The molecular formula is C15H18N2O3S2. The minimum Gasteiger partial charge on any atom is -0.316 e. The number of anilines is 1. The average Bonchev–Trinajstić information content (AvgIpc) is 2.83. The topological polar surface area (TPSA) is 66.8 Å². The molecule has 2 aliphatic heterocycles. The van der Waals surface area contributed by atoms with Crippen LogP contribution in [0, 0.1) is 13.8 Å². The Balaban J connectivity index is 2.06. The SMILES string of the molecule is CC(=O)N=C1S[C@@H]2CS(=O)(=O)C[C@H]2N1c1ccc(C)c(C)c1. The third-order valence-electron chi connectivity index (χ3n) is 4.09. The predicted molar refractivity (Wildman–Crippen MR) is 90.3 cm³/mol. The molecule has 118 valence electrons. The van der Waals surface area contributed by atoms with E-state index in [0.717, 1.165) is 11.3 Å². The second-order valence-electron chi connectivity index (χ2n) is 5.85. The highest BCUT2D eigenvalue weighted by Gasteiger charge is 2.49. The van der Waals surface area contributed by atoms with Crippen LogP contribution in [-0.4, -0.2) is 42.3 Å². The molecule has 3 rings (SSSR count). The maximum absolute atomic E-state index is 11.9. The van der Waals surface area contributed by atoms with Gasteiger partial charge >= 0.3 is 0 Å². The summed E-state index contributed by atoms with van der Waals surface area (Å²) in [7, 11) is -3.02. The lowest BCUT2D eigenvalue weighted by Gasteiger charge is -2.25. The summed E-state index contributed by atoms with van der Waals surface area (Å²) in [6.07, 6.45) is 0. The van der Waals surface area contributed by atoms with Gasteiger partial charge < -0.3 is 4.90 Å². The maximum atomic E-state index is 11.9. The van der Waals surface area contributed by atoms with Crippen LogP contribution in [0.1, 0.15) is 18.1 Å². The Labute approximate surface area is 134 Å². The molecule has 2 aliphatic rings. The fraction of sp³-hybridized carbons (Fsp3) is 0.467. The van der Waals surface area contributed by atoms with Gasteiger partial charge in [-0.05, 0) is 37.1 Å². The molecule has 1 amide bonds. The minimum absolute atomic E-state index is 0.0512. The highest BCUT2D eigenvalue weighted by molar-refractivity contribution is 8.16. The normalized spacial score (nSPS) is 28.1. The number of hydrogen-bond acceptors (Lipinski definition) is 4. The first-order valence-corrected chi connectivity index (χ1v) is 9.80. The van der Waals surface area contributed by atoms with Crippen LogP contribution in [0.15, 0.2) is 23.2 Å². The molecule has 2 fully saturated rings. The molecule has 1 aromatic carbocycles. The molecule has 2 heterocycles. The van der Waals surface area contributed by atoms with Gasteiger partial charge in [0.1, 0.15) is 0 Å². The summed E-state index contributed by atoms with van der Waals surface area (Å²) < 4.78 is 23.8. The number of sulfone groups is 1.